The number of guanidine groups is 2. The molecule has 0 atom stereocenters. The second-order valence-corrected chi connectivity index (χ2v) is 7.23. The second-order valence-electron chi connectivity index (χ2n) is 7.23. The van der Waals surface area contributed by atoms with Crippen LogP contribution in [-0.2, 0) is 6.54 Å². The van der Waals surface area contributed by atoms with Crippen LogP contribution < -0.4 is 22.5 Å². The van der Waals surface area contributed by atoms with Gasteiger partial charge in [-0.05, 0) is 59.9 Å². The van der Waals surface area contributed by atoms with E-state index in [1.807, 2.05) is 42.2 Å². The van der Waals surface area contributed by atoms with Gasteiger partial charge in [0, 0.05) is 24.3 Å². The third kappa shape index (κ3) is 5.16. The summed E-state index contributed by atoms with van der Waals surface area (Å²) in [6.07, 6.45) is 2.94. The molecule has 0 saturated heterocycles. The van der Waals surface area contributed by atoms with Gasteiger partial charge in [-0.2, -0.15) is 0 Å². The number of benzene rings is 2. The van der Waals surface area contributed by atoms with Crippen LogP contribution in [0.5, 0.6) is 0 Å². The zero-order valence-corrected chi connectivity index (χ0v) is 17.0. The Balaban J connectivity index is 1.66. The van der Waals surface area contributed by atoms with Gasteiger partial charge in [-0.25, -0.2) is 4.99 Å². The molecule has 2 aromatic carbocycles. The molecule has 0 aromatic heterocycles. The van der Waals surface area contributed by atoms with Gasteiger partial charge >= 0.3 is 0 Å². The first-order valence-corrected chi connectivity index (χ1v) is 9.68. The standard InChI is InChI=1S/C22H27N7O/c1-14-12-18(6-7-19(14)16-8-10-29(11-9-16)22(25)26)28-20(30)17-4-2-15(3-5-17)13-27-21(23)24/h2-8,12H,9-11,13H2,1H3,(H3,25,26)(H,28,30)(H4,23,24,27). The fourth-order valence-corrected chi connectivity index (χ4v) is 3.38. The number of nitrogens with one attached hydrogen (secondary N) is 2. The Hall–Kier alpha value is -3.81. The highest BCUT2D eigenvalue weighted by Gasteiger charge is 2.15. The van der Waals surface area contributed by atoms with E-state index in [2.05, 4.69) is 16.4 Å². The van der Waals surface area contributed by atoms with Gasteiger partial charge in [0.25, 0.3) is 5.91 Å². The van der Waals surface area contributed by atoms with Crippen LogP contribution in [-0.4, -0.2) is 35.8 Å². The molecule has 0 aliphatic carbocycles. The average Bonchev–Trinajstić information content (AvgIpc) is 2.73. The highest BCUT2D eigenvalue weighted by molar-refractivity contribution is 6.04. The fraction of sp³-hybridized carbons (Fsp3) is 0.227. The number of hydrogen-bond donors (Lipinski definition) is 5. The Morgan fingerprint density at radius 2 is 1.90 bits per heavy atom. The zero-order valence-electron chi connectivity index (χ0n) is 17.0. The van der Waals surface area contributed by atoms with Crippen molar-refractivity contribution in [3.63, 3.8) is 0 Å². The van der Waals surface area contributed by atoms with Gasteiger partial charge in [0.1, 0.15) is 0 Å². The average molecular weight is 406 g/mol. The lowest BCUT2D eigenvalue weighted by molar-refractivity contribution is 0.102. The molecule has 8 heteroatoms. The van der Waals surface area contributed by atoms with E-state index in [9.17, 15) is 4.79 Å². The van der Waals surface area contributed by atoms with Crippen molar-refractivity contribution in [1.29, 1.82) is 5.41 Å². The van der Waals surface area contributed by atoms with Gasteiger partial charge in [-0.1, -0.05) is 24.3 Å². The summed E-state index contributed by atoms with van der Waals surface area (Å²) in [7, 11) is 0. The van der Waals surface area contributed by atoms with E-state index in [4.69, 9.17) is 22.6 Å². The fourth-order valence-electron chi connectivity index (χ4n) is 3.38. The van der Waals surface area contributed by atoms with E-state index < -0.39 is 0 Å². The van der Waals surface area contributed by atoms with Crippen LogP contribution in [0, 0.1) is 12.3 Å². The topological polar surface area (TPSA) is 147 Å². The SMILES string of the molecule is Cc1cc(NC(=O)c2ccc(CN=C(N)N)cc2)ccc1C1=CCN(C(=N)N)CC1. The third-order valence-corrected chi connectivity index (χ3v) is 5.04. The molecule has 1 heterocycles. The molecule has 0 unspecified atom stereocenters. The van der Waals surface area contributed by atoms with Crippen molar-refractivity contribution in [2.24, 2.45) is 22.2 Å². The molecule has 3 rings (SSSR count). The Kier molecular flexibility index (Phi) is 6.36. The largest absolute Gasteiger partial charge is 0.370 e. The van der Waals surface area contributed by atoms with Gasteiger partial charge in [0.05, 0.1) is 6.54 Å². The van der Waals surface area contributed by atoms with Crippen molar-refractivity contribution in [2.45, 2.75) is 19.9 Å². The van der Waals surface area contributed by atoms with Gasteiger partial charge in [-0.3, -0.25) is 10.2 Å². The monoisotopic (exact) mass is 405 g/mol. The first-order chi connectivity index (χ1) is 14.3. The maximum Gasteiger partial charge on any atom is 0.255 e. The highest BCUT2D eigenvalue weighted by Crippen LogP contribution is 2.27. The van der Waals surface area contributed by atoms with E-state index in [0.29, 0.717) is 18.7 Å². The van der Waals surface area contributed by atoms with E-state index in [0.717, 1.165) is 35.3 Å². The van der Waals surface area contributed by atoms with E-state index in [1.54, 1.807) is 12.1 Å². The number of aryl methyl sites for hydroxylation is 1. The summed E-state index contributed by atoms with van der Waals surface area (Å²) in [6, 6.07) is 13.1. The maximum atomic E-state index is 12.6. The number of carbonyl (C=O) groups excluding carboxylic acids is 1. The summed E-state index contributed by atoms with van der Waals surface area (Å²) in [5.41, 5.74) is 21.9. The Morgan fingerprint density at radius 3 is 2.47 bits per heavy atom. The molecule has 8 nitrogen and oxygen atoms in total. The first-order valence-electron chi connectivity index (χ1n) is 9.68. The number of amides is 1. The lowest BCUT2D eigenvalue weighted by Gasteiger charge is -2.27. The summed E-state index contributed by atoms with van der Waals surface area (Å²) in [4.78, 5) is 18.3. The quantitative estimate of drug-likeness (QED) is 0.381. The summed E-state index contributed by atoms with van der Waals surface area (Å²) >= 11 is 0. The van der Waals surface area contributed by atoms with Crippen molar-refractivity contribution < 1.29 is 4.79 Å². The normalized spacial score (nSPS) is 13.4. The molecule has 0 bridgehead atoms. The third-order valence-electron chi connectivity index (χ3n) is 5.04. The van der Waals surface area contributed by atoms with Crippen LogP contribution in [0.3, 0.4) is 0 Å². The minimum absolute atomic E-state index is 0.0378. The first kappa shape index (κ1) is 20.9. The minimum atomic E-state index is -0.176. The lowest BCUT2D eigenvalue weighted by atomic mass is 9.95. The minimum Gasteiger partial charge on any atom is -0.370 e. The molecule has 1 aliphatic rings. The van der Waals surface area contributed by atoms with Crippen LogP contribution in [0.1, 0.15) is 33.5 Å². The molecule has 1 aliphatic heterocycles. The summed E-state index contributed by atoms with van der Waals surface area (Å²) in [6.45, 7) is 3.78. The van der Waals surface area contributed by atoms with Crippen molar-refractivity contribution in [3.05, 3.63) is 70.8 Å². The van der Waals surface area contributed by atoms with Crippen molar-refractivity contribution in [2.75, 3.05) is 18.4 Å². The summed E-state index contributed by atoms with van der Waals surface area (Å²) in [5, 5.41) is 10.5. The summed E-state index contributed by atoms with van der Waals surface area (Å²) in [5.74, 6) is -0.0373. The molecule has 1 amide bonds. The number of hydrogen-bond acceptors (Lipinski definition) is 3. The highest BCUT2D eigenvalue weighted by atomic mass is 16.1. The van der Waals surface area contributed by atoms with E-state index in [-0.39, 0.29) is 17.8 Å². The number of rotatable bonds is 5. The Morgan fingerprint density at radius 1 is 1.17 bits per heavy atom. The van der Waals surface area contributed by atoms with Crippen LogP contribution in [0.4, 0.5) is 5.69 Å². The van der Waals surface area contributed by atoms with Crippen LogP contribution in [0.2, 0.25) is 0 Å². The molecule has 8 N–H and O–H groups in total. The Bertz CT molecular complexity index is 1000. The second kappa shape index (κ2) is 9.13. The van der Waals surface area contributed by atoms with Crippen molar-refractivity contribution >= 4 is 29.1 Å². The number of nitrogens with zero attached hydrogens (tertiary/aromatic N) is 2. The molecular formula is C22H27N7O. The maximum absolute atomic E-state index is 12.6. The van der Waals surface area contributed by atoms with E-state index >= 15 is 0 Å². The van der Waals surface area contributed by atoms with Gasteiger partial charge in [0.15, 0.2) is 11.9 Å². The number of carbonyl (C=O) groups is 1. The molecule has 0 radical (unpaired) electrons. The van der Waals surface area contributed by atoms with Gasteiger partial charge in [-0.15, -0.1) is 0 Å². The molecule has 2 aromatic rings. The zero-order chi connectivity index (χ0) is 21.7. The number of anilines is 1. The predicted molar refractivity (Wildman–Crippen MR) is 121 cm³/mol. The molecule has 30 heavy (non-hydrogen) atoms. The lowest BCUT2D eigenvalue weighted by Crippen LogP contribution is -2.39. The van der Waals surface area contributed by atoms with Gasteiger partial charge < -0.3 is 27.4 Å². The van der Waals surface area contributed by atoms with Crippen LogP contribution in [0.25, 0.3) is 5.57 Å². The molecular weight excluding hydrogens is 378 g/mol. The predicted octanol–water partition coefficient (Wildman–Crippen LogP) is 2.00. The smallest absolute Gasteiger partial charge is 0.255 e. The molecule has 0 spiro atoms. The van der Waals surface area contributed by atoms with Gasteiger partial charge in [0.2, 0.25) is 0 Å². The Labute approximate surface area is 176 Å². The van der Waals surface area contributed by atoms with Crippen molar-refractivity contribution in [1.82, 2.24) is 4.90 Å². The van der Waals surface area contributed by atoms with Crippen molar-refractivity contribution in [3.8, 4) is 0 Å². The van der Waals surface area contributed by atoms with E-state index in [1.165, 1.54) is 5.57 Å². The van der Waals surface area contributed by atoms with Crippen LogP contribution in [0.15, 0.2) is 53.5 Å². The summed E-state index contributed by atoms with van der Waals surface area (Å²) < 4.78 is 0. The number of nitrogens with two attached hydrogens (primary N) is 3. The number of aliphatic imine (C=N–C) groups is 1. The van der Waals surface area contributed by atoms with Crippen LogP contribution >= 0.6 is 0 Å². The molecule has 156 valence electrons. The molecule has 0 fully saturated rings. The molecule has 0 saturated carbocycles.